The molecule has 4 amide bonds. The SMILES string of the molecule is C[C@@H]1CCCC[C@]12NC(=O)N(CC(=O)N1CCC(Oc3ccccc3F)CC1)C2=O. The van der Waals surface area contributed by atoms with Crippen LogP contribution < -0.4 is 10.1 Å². The molecule has 2 atom stereocenters. The first kappa shape index (κ1) is 20.6. The number of halogens is 1. The van der Waals surface area contributed by atoms with Crippen LogP contribution in [-0.4, -0.2) is 58.9 Å². The van der Waals surface area contributed by atoms with Crippen LogP contribution in [0.5, 0.6) is 5.75 Å². The van der Waals surface area contributed by atoms with Gasteiger partial charge in [-0.1, -0.05) is 31.9 Å². The van der Waals surface area contributed by atoms with E-state index in [0.717, 1.165) is 24.2 Å². The fraction of sp³-hybridized carbons (Fsp3) is 0.591. The maximum absolute atomic E-state index is 13.8. The molecule has 1 aromatic rings. The van der Waals surface area contributed by atoms with Gasteiger partial charge >= 0.3 is 6.03 Å². The standard InChI is InChI=1S/C22H28FN3O4/c1-15-6-4-5-11-22(15)20(28)26(21(29)24-22)14-19(27)25-12-9-16(10-13-25)30-18-8-3-2-7-17(18)23/h2-3,7-8,15-16H,4-6,9-14H2,1H3,(H,24,29)/t15-,22+/m1/s1. The second-order valence-corrected chi connectivity index (χ2v) is 8.57. The molecule has 30 heavy (non-hydrogen) atoms. The summed E-state index contributed by atoms with van der Waals surface area (Å²) in [6, 6.07) is 5.80. The Morgan fingerprint density at radius 3 is 2.63 bits per heavy atom. The quantitative estimate of drug-likeness (QED) is 0.764. The molecule has 4 rings (SSSR count). The Labute approximate surface area is 175 Å². The van der Waals surface area contributed by atoms with Crippen LogP contribution in [0.4, 0.5) is 9.18 Å². The second kappa shape index (κ2) is 8.24. The number of nitrogens with zero attached hydrogens (tertiary/aromatic N) is 2. The number of ether oxygens (including phenoxy) is 1. The van der Waals surface area contributed by atoms with Crippen molar-refractivity contribution in [2.45, 2.75) is 57.1 Å². The minimum atomic E-state index is -0.851. The molecule has 3 aliphatic rings. The zero-order valence-corrected chi connectivity index (χ0v) is 17.2. The zero-order valence-electron chi connectivity index (χ0n) is 17.2. The highest BCUT2D eigenvalue weighted by atomic mass is 19.1. The number of imide groups is 1. The molecule has 162 valence electrons. The van der Waals surface area contributed by atoms with Crippen LogP contribution in [0.25, 0.3) is 0 Å². The summed E-state index contributed by atoms with van der Waals surface area (Å²) in [5.74, 6) is -0.641. The molecule has 7 nitrogen and oxygen atoms in total. The number of hydrogen-bond acceptors (Lipinski definition) is 4. The number of amides is 4. The van der Waals surface area contributed by atoms with Crippen molar-refractivity contribution in [3.63, 3.8) is 0 Å². The molecule has 8 heteroatoms. The van der Waals surface area contributed by atoms with Crippen molar-refractivity contribution >= 4 is 17.8 Å². The van der Waals surface area contributed by atoms with E-state index in [-0.39, 0.29) is 36.1 Å². The van der Waals surface area contributed by atoms with Crippen molar-refractivity contribution in [1.29, 1.82) is 0 Å². The average molecular weight is 417 g/mol. The lowest BCUT2D eigenvalue weighted by atomic mass is 9.73. The Bertz CT molecular complexity index is 839. The van der Waals surface area contributed by atoms with Gasteiger partial charge in [0.2, 0.25) is 5.91 Å². The van der Waals surface area contributed by atoms with Gasteiger partial charge in [-0.15, -0.1) is 0 Å². The van der Waals surface area contributed by atoms with Gasteiger partial charge in [-0.25, -0.2) is 9.18 Å². The first-order valence-corrected chi connectivity index (χ1v) is 10.7. The third kappa shape index (κ3) is 3.75. The summed E-state index contributed by atoms with van der Waals surface area (Å²) in [6.45, 7) is 2.65. The molecule has 1 spiro atoms. The minimum Gasteiger partial charge on any atom is -0.487 e. The highest BCUT2D eigenvalue weighted by molar-refractivity contribution is 6.09. The first-order chi connectivity index (χ1) is 14.4. The summed E-state index contributed by atoms with van der Waals surface area (Å²) >= 11 is 0. The lowest BCUT2D eigenvalue weighted by molar-refractivity contribution is -0.141. The van der Waals surface area contributed by atoms with Crippen molar-refractivity contribution in [3.05, 3.63) is 30.1 Å². The van der Waals surface area contributed by atoms with Crippen LogP contribution in [0.1, 0.15) is 45.4 Å². The van der Waals surface area contributed by atoms with Crippen LogP contribution >= 0.6 is 0 Å². The van der Waals surface area contributed by atoms with E-state index < -0.39 is 17.4 Å². The van der Waals surface area contributed by atoms with Crippen LogP contribution in [0.2, 0.25) is 0 Å². The molecule has 0 unspecified atom stereocenters. The fourth-order valence-corrected chi connectivity index (χ4v) is 4.82. The molecule has 1 aromatic carbocycles. The van der Waals surface area contributed by atoms with Gasteiger partial charge in [0.15, 0.2) is 11.6 Å². The number of likely N-dealkylation sites (tertiary alicyclic amines) is 1. The highest BCUT2D eigenvalue weighted by Gasteiger charge is 2.55. The Morgan fingerprint density at radius 2 is 1.93 bits per heavy atom. The summed E-state index contributed by atoms with van der Waals surface area (Å²) in [6.07, 6.45) is 4.44. The van der Waals surface area contributed by atoms with E-state index in [9.17, 15) is 18.8 Å². The van der Waals surface area contributed by atoms with Crippen molar-refractivity contribution in [2.75, 3.05) is 19.6 Å². The number of carbonyl (C=O) groups excluding carboxylic acids is 3. The predicted molar refractivity (Wildman–Crippen MR) is 107 cm³/mol. The van der Waals surface area contributed by atoms with Gasteiger partial charge in [0.05, 0.1) is 0 Å². The maximum atomic E-state index is 13.8. The third-order valence-corrected chi connectivity index (χ3v) is 6.72. The van der Waals surface area contributed by atoms with E-state index in [1.807, 2.05) is 6.92 Å². The molecule has 3 fully saturated rings. The molecule has 0 bridgehead atoms. The number of carbonyl (C=O) groups is 3. The molecular weight excluding hydrogens is 389 g/mol. The summed E-state index contributed by atoms with van der Waals surface area (Å²) < 4.78 is 19.5. The van der Waals surface area contributed by atoms with Gasteiger partial charge in [-0.3, -0.25) is 14.5 Å². The highest BCUT2D eigenvalue weighted by Crippen LogP contribution is 2.38. The van der Waals surface area contributed by atoms with Crippen molar-refractivity contribution in [3.8, 4) is 5.75 Å². The fourth-order valence-electron chi connectivity index (χ4n) is 4.82. The van der Waals surface area contributed by atoms with Gasteiger partial charge in [0.1, 0.15) is 18.2 Å². The van der Waals surface area contributed by atoms with Gasteiger partial charge in [0.25, 0.3) is 5.91 Å². The Hall–Kier alpha value is -2.64. The van der Waals surface area contributed by atoms with E-state index >= 15 is 0 Å². The molecule has 1 N–H and O–H groups in total. The number of urea groups is 1. The average Bonchev–Trinajstić information content (AvgIpc) is 2.97. The molecule has 1 aliphatic carbocycles. The van der Waals surface area contributed by atoms with E-state index in [1.165, 1.54) is 6.07 Å². The number of hydrogen-bond donors (Lipinski definition) is 1. The Kier molecular flexibility index (Phi) is 5.66. The molecular formula is C22H28FN3O4. The van der Waals surface area contributed by atoms with E-state index in [0.29, 0.717) is 32.4 Å². The smallest absolute Gasteiger partial charge is 0.325 e. The lowest BCUT2D eigenvalue weighted by Gasteiger charge is -2.37. The number of nitrogens with one attached hydrogen (secondary N) is 1. The van der Waals surface area contributed by atoms with Crippen molar-refractivity contribution < 1.29 is 23.5 Å². The van der Waals surface area contributed by atoms with E-state index in [4.69, 9.17) is 4.74 Å². The maximum Gasteiger partial charge on any atom is 0.325 e. The minimum absolute atomic E-state index is 0.0640. The number of para-hydroxylation sites is 1. The number of benzene rings is 1. The van der Waals surface area contributed by atoms with Gasteiger partial charge in [0, 0.05) is 25.9 Å². The van der Waals surface area contributed by atoms with Gasteiger partial charge in [-0.05, 0) is 30.9 Å². The molecule has 1 saturated carbocycles. The Morgan fingerprint density at radius 1 is 1.20 bits per heavy atom. The number of piperidine rings is 1. The summed E-state index contributed by atoms with van der Waals surface area (Å²) in [5, 5.41) is 2.88. The van der Waals surface area contributed by atoms with Gasteiger partial charge in [-0.2, -0.15) is 0 Å². The summed E-state index contributed by atoms with van der Waals surface area (Å²) in [4.78, 5) is 41.0. The van der Waals surface area contributed by atoms with Crippen LogP contribution in [-0.2, 0) is 9.59 Å². The van der Waals surface area contributed by atoms with E-state index in [1.54, 1.807) is 23.1 Å². The summed E-state index contributed by atoms with van der Waals surface area (Å²) in [7, 11) is 0. The lowest BCUT2D eigenvalue weighted by Crippen LogP contribution is -2.54. The predicted octanol–water partition coefficient (Wildman–Crippen LogP) is 2.70. The second-order valence-electron chi connectivity index (χ2n) is 8.57. The number of rotatable bonds is 4. The van der Waals surface area contributed by atoms with E-state index in [2.05, 4.69) is 5.32 Å². The van der Waals surface area contributed by atoms with Crippen LogP contribution in [0.3, 0.4) is 0 Å². The molecule has 0 aromatic heterocycles. The molecule has 2 heterocycles. The molecule has 2 aliphatic heterocycles. The van der Waals surface area contributed by atoms with Crippen LogP contribution in [0.15, 0.2) is 24.3 Å². The summed E-state index contributed by atoms with van der Waals surface area (Å²) in [5.41, 5.74) is -0.851. The molecule has 2 saturated heterocycles. The Balaban J connectivity index is 1.32. The third-order valence-electron chi connectivity index (χ3n) is 6.72. The first-order valence-electron chi connectivity index (χ1n) is 10.7. The topological polar surface area (TPSA) is 79.0 Å². The zero-order chi connectivity index (χ0) is 21.3. The van der Waals surface area contributed by atoms with Crippen molar-refractivity contribution in [1.82, 2.24) is 15.1 Å². The monoisotopic (exact) mass is 417 g/mol. The van der Waals surface area contributed by atoms with Crippen LogP contribution in [0, 0.1) is 11.7 Å². The van der Waals surface area contributed by atoms with Crippen molar-refractivity contribution in [2.24, 2.45) is 5.92 Å². The molecule has 0 radical (unpaired) electrons. The van der Waals surface area contributed by atoms with Gasteiger partial charge < -0.3 is 15.0 Å². The largest absolute Gasteiger partial charge is 0.487 e. The normalized spacial score (nSPS) is 27.5.